The van der Waals surface area contributed by atoms with Gasteiger partial charge >= 0.3 is 0 Å². The van der Waals surface area contributed by atoms with E-state index < -0.39 is 11.6 Å². The fraction of sp³-hybridized carbons (Fsp3) is 0.545. The molecule has 1 aromatic rings. The minimum Gasteiger partial charge on any atom is -0.358 e. The number of halogens is 4. The normalized spacial score (nSPS) is 15.8. The number of rotatable bonds is 12. The fourth-order valence-electron chi connectivity index (χ4n) is 3.29. The van der Waals surface area contributed by atoms with Crippen molar-refractivity contribution >= 4 is 33.2 Å². The first-order valence-corrected chi connectivity index (χ1v) is 11.4. The van der Waals surface area contributed by atoms with Crippen molar-refractivity contribution in [2.75, 3.05) is 26.0 Å². The van der Waals surface area contributed by atoms with Crippen molar-refractivity contribution in [3.05, 3.63) is 51.7 Å². The van der Waals surface area contributed by atoms with Gasteiger partial charge in [-0.05, 0) is 79.7 Å². The molecule has 0 aliphatic heterocycles. The zero-order valence-corrected chi connectivity index (χ0v) is 19.7. The molecule has 2 rings (SSSR count). The Morgan fingerprint density at radius 3 is 2.48 bits per heavy atom. The first kappa shape index (κ1) is 24.3. The maximum atomic E-state index is 14.0. The van der Waals surface area contributed by atoms with Gasteiger partial charge in [0.05, 0.1) is 4.47 Å². The summed E-state index contributed by atoms with van der Waals surface area (Å²) in [7, 11) is 3.92. The lowest BCUT2D eigenvalue weighted by Crippen LogP contribution is -2.31. The highest BCUT2D eigenvalue weighted by atomic mass is 79.9. The molecule has 29 heavy (non-hydrogen) atoms. The summed E-state index contributed by atoms with van der Waals surface area (Å²) in [6.45, 7) is 2.95. The van der Waals surface area contributed by atoms with Gasteiger partial charge in [-0.15, -0.1) is 11.6 Å². The number of nitrogens with zero attached hydrogens (tertiary/aromatic N) is 1. The summed E-state index contributed by atoms with van der Waals surface area (Å²) in [4.78, 5) is 0. The Labute approximate surface area is 186 Å². The van der Waals surface area contributed by atoms with E-state index in [-0.39, 0.29) is 15.8 Å². The lowest BCUT2D eigenvalue weighted by Gasteiger charge is -2.26. The van der Waals surface area contributed by atoms with Crippen LogP contribution in [0.15, 0.2) is 40.0 Å². The highest BCUT2D eigenvalue weighted by Crippen LogP contribution is 2.40. The van der Waals surface area contributed by atoms with Crippen LogP contribution in [0.1, 0.15) is 45.4 Å². The van der Waals surface area contributed by atoms with Crippen LogP contribution >= 0.6 is 27.5 Å². The lowest BCUT2D eigenvalue weighted by atomic mass is 9.92. The molecule has 7 heteroatoms. The van der Waals surface area contributed by atoms with Crippen molar-refractivity contribution in [1.82, 2.24) is 10.4 Å². The number of benzene rings is 1. The molecule has 3 nitrogen and oxygen atoms in total. The minimum atomic E-state index is -0.617. The first-order valence-electron chi connectivity index (χ1n) is 10.1. The molecule has 2 unspecified atom stereocenters. The van der Waals surface area contributed by atoms with Crippen LogP contribution in [0.5, 0.6) is 0 Å². The largest absolute Gasteiger partial charge is 0.358 e. The lowest BCUT2D eigenvalue weighted by molar-refractivity contribution is 0.253. The third-order valence-corrected chi connectivity index (χ3v) is 6.46. The van der Waals surface area contributed by atoms with Gasteiger partial charge in [0.1, 0.15) is 11.6 Å². The molecule has 2 N–H and O–H groups in total. The number of hydrogen-bond acceptors (Lipinski definition) is 3. The van der Waals surface area contributed by atoms with Gasteiger partial charge in [0.2, 0.25) is 0 Å². The number of unbranched alkanes of at least 4 members (excludes halogenated alkanes) is 1. The molecule has 0 heterocycles. The van der Waals surface area contributed by atoms with E-state index in [1.807, 2.05) is 27.1 Å². The zero-order chi connectivity index (χ0) is 21.4. The quantitative estimate of drug-likeness (QED) is 0.113. The molecule has 0 bridgehead atoms. The van der Waals surface area contributed by atoms with Crippen LogP contribution in [0, 0.1) is 17.6 Å². The summed E-state index contributed by atoms with van der Waals surface area (Å²) < 4.78 is 27.8. The summed E-state index contributed by atoms with van der Waals surface area (Å²) in [5.74, 6) is -1.15. The van der Waals surface area contributed by atoms with Crippen LogP contribution < -0.4 is 10.7 Å². The van der Waals surface area contributed by atoms with Gasteiger partial charge in [-0.25, -0.2) is 13.8 Å². The van der Waals surface area contributed by atoms with E-state index in [1.54, 1.807) is 0 Å². The fourth-order valence-corrected chi connectivity index (χ4v) is 3.90. The topological polar surface area (TPSA) is 27.3 Å². The molecule has 1 aromatic carbocycles. The minimum absolute atomic E-state index is 0.0492. The van der Waals surface area contributed by atoms with E-state index >= 15 is 0 Å². The molecule has 1 aliphatic carbocycles. The summed E-state index contributed by atoms with van der Waals surface area (Å²) in [5, 5.41) is 5.30. The average Bonchev–Trinajstić information content (AvgIpc) is 3.53. The number of alkyl halides is 1. The molecule has 162 valence electrons. The predicted molar refractivity (Wildman–Crippen MR) is 122 cm³/mol. The van der Waals surface area contributed by atoms with E-state index in [9.17, 15) is 8.78 Å². The van der Waals surface area contributed by atoms with E-state index in [2.05, 4.69) is 37.8 Å². The van der Waals surface area contributed by atoms with E-state index in [0.29, 0.717) is 5.69 Å². The van der Waals surface area contributed by atoms with Crippen molar-refractivity contribution in [2.24, 2.45) is 5.92 Å². The third kappa shape index (κ3) is 7.67. The molecule has 1 aliphatic rings. The van der Waals surface area contributed by atoms with Crippen LogP contribution in [0.2, 0.25) is 0 Å². The number of anilines is 1. The van der Waals surface area contributed by atoms with E-state index in [4.69, 9.17) is 11.6 Å². The average molecular weight is 491 g/mol. The molecular weight excluding hydrogens is 460 g/mol. The van der Waals surface area contributed by atoms with Gasteiger partial charge in [-0.3, -0.25) is 5.43 Å². The van der Waals surface area contributed by atoms with Crippen LogP contribution in [0.3, 0.4) is 0 Å². The highest BCUT2D eigenvalue weighted by molar-refractivity contribution is 9.10. The monoisotopic (exact) mass is 489 g/mol. The van der Waals surface area contributed by atoms with Crippen LogP contribution in [-0.4, -0.2) is 31.0 Å². The van der Waals surface area contributed by atoms with Crippen molar-refractivity contribution < 1.29 is 8.78 Å². The van der Waals surface area contributed by atoms with Gasteiger partial charge in [0, 0.05) is 36.3 Å². The van der Waals surface area contributed by atoms with Crippen LogP contribution in [0.25, 0.3) is 0 Å². The van der Waals surface area contributed by atoms with Gasteiger partial charge < -0.3 is 5.32 Å². The summed E-state index contributed by atoms with van der Waals surface area (Å²) in [6, 6.07) is 2.64. The van der Waals surface area contributed by atoms with Crippen LogP contribution in [-0.2, 0) is 0 Å². The molecule has 2 atom stereocenters. The van der Waals surface area contributed by atoms with Crippen molar-refractivity contribution in [3.63, 3.8) is 0 Å². The predicted octanol–water partition coefficient (Wildman–Crippen LogP) is 6.61. The van der Waals surface area contributed by atoms with Crippen molar-refractivity contribution in [1.29, 1.82) is 0 Å². The molecule has 1 fully saturated rings. The SMILES string of the molecule is C/C=C/CC(C(Nc1cc(F)c(Br)c(F)c1)=C1CC1)C(Cl)CCCCN(C)NC. The molecule has 0 radical (unpaired) electrons. The Morgan fingerprint density at radius 2 is 1.93 bits per heavy atom. The van der Waals surface area contributed by atoms with Crippen molar-refractivity contribution in [3.8, 4) is 0 Å². The van der Waals surface area contributed by atoms with Gasteiger partial charge in [0.25, 0.3) is 0 Å². The number of nitrogens with one attached hydrogen (secondary N) is 2. The number of allylic oxidation sites excluding steroid dienone is 4. The number of hydrogen-bond donors (Lipinski definition) is 2. The van der Waals surface area contributed by atoms with Crippen LogP contribution in [0.4, 0.5) is 14.5 Å². The second-order valence-electron chi connectivity index (χ2n) is 7.46. The smallest absolute Gasteiger partial charge is 0.142 e. The molecule has 0 aromatic heterocycles. The summed E-state index contributed by atoms with van der Waals surface area (Å²) >= 11 is 9.79. The maximum Gasteiger partial charge on any atom is 0.142 e. The molecular formula is C22H31BrClF2N3. The molecule has 0 spiro atoms. The Hall–Kier alpha value is -0.950. The molecule has 0 amide bonds. The van der Waals surface area contributed by atoms with Gasteiger partial charge in [-0.2, -0.15) is 0 Å². The number of hydrazine groups is 1. The second-order valence-corrected chi connectivity index (χ2v) is 8.82. The Balaban J connectivity index is 2.12. The zero-order valence-electron chi connectivity index (χ0n) is 17.4. The maximum absolute atomic E-state index is 14.0. The van der Waals surface area contributed by atoms with Crippen molar-refractivity contribution in [2.45, 2.75) is 50.8 Å². The van der Waals surface area contributed by atoms with E-state index in [0.717, 1.165) is 50.8 Å². The Kier molecular flexibility index (Phi) is 10.1. The Bertz CT molecular complexity index is 710. The van der Waals surface area contributed by atoms with Gasteiger partial charge in [-0.1, -0.05) is 18.6 Å². The third-order valence-electron chi connectivity index (χ3n) is 5.18. The van der Waals surface area contributed by atoms with Gasteiger partial charge in [0.15, 0.2) is 0 Å². The molecule has 1 saturated carbocycles. The summed E-state index contributed by atoms with van der Waals surface area (Å²) in [6.07, 6.45) is 9.92. The second kappa shape index (κ2) is 12.0. The first-order chi connectivity index (χ1) is 13.9. The standard InChI is InChI=1S/C22H31BrClF2N3/c1-4-5-8-17(18(24)9-6-7-12-29(3)27-2)22(15-10-11-15)28-16-13-19(25)21(23)20(26)14-16/h4-5,13-14,17-18,27-28H,6-12H2,1-3H3/b5-4+. The molecule has 0 saturated heterocycles. The highest BCUT2D eigenvalue weighted by Gasteiger charge is 2.29. The summed E-state index contributed by atoms with van der Waals surface area (Å²) in [5.41, 5.74) is 5.83. The Morgan fingerprint density at radius 1 is 1.28 bits per heavy atom. The van der Waals surface area contributed by atoms with E-state index in [1.165, 1.54) is 17.7 Å².